The first-order valence-electron chi connectivity index (χ1n) is 4.79. The molecule has 96 valence electrons. The van der Waals surface area contributed by atoms with E-state index in [2.05, 4.69) is 25.6 Å². The highest BCUT2D eigenvalue weighted by Gasteiger charge is 2.19. The number of sulfonamides is 1. The Bertz CT molecular complexity index is 685. The van der Waals surface area contributed by atoms with Gasteiger partial charge in [-0.25, -0.2) is 13.4 Å². The summed E-state index contributed by atoms with van der Waals surface area (Å²) in [5, 5.41) is 0. The second kappa shape index (κ2) is 5.16. The number of rotatable bonds is 3. The molecule has 1 heterocycles. The lowest BCUT2D eigenvalue weighted by Gasteiger charge is -2.09. The molecule has 2 aromatic rings. The van der Waals surface area contributed by atoms with Crippen molar-refractivity contribution in [1.29, 1.82) is 0 Å². The minimum Gasteiger partial charge on any atom is -0.278 e. The number of thiazole rings is 1. The molecular formula is C10H8BrClN2O2S2. The van der Waals surface area contributed by atoms with E-state index in [1.165, 1.54) is 6.20 Å². The van der Waals surface area contributed by atoms with Gasteiger partial charge in [-0.1, -0.05) is 35.1 Å². The first-order chi connectivity index (χ1) is 8.40. The first kappa shape index (κ1) is 13.8. The normalized spacial score (nSPS) is 11.5. The molecule has 1 aromatic heterocycles. The molecule has 1 N–H and O–H groups in total. The van der Waals surface area contributed by atoms with Gasteiger partial charge >= 0.3 is 0 Å². The molecule has 2 rings (SSSR count). The van der Waals surface area contributed by atoms with E-state index in [1.54, 1.807) is 12.1 Å². The van der Waals surface area contributed by atoms with Gasteiger partial charge in [0, 0.05) is 4.47 Å². The monoisotopic (exact) mass is 366 g/mol. The molecule has 0 aliphatic heterocycles. The Morgan fingerprint density at radius 3 is 2.78 bits per heavy atom. The molecule has 0 saturated heterocycles. The van der Waals surface area contributed by atoms with Crippen LogP contribution in [-0.2, 0) is 10.0 Å². The Morgan fingerprint density at radius 2 is 2.17 bits per heavy atom. The molecule has 0 bridgehead atoms. The number of benzene rings is 1. The lowest BCUT2D eigenvalue weighted by molar-refractivity contribution is 0.603. The highest BCUT2D eigenvalue weighted by atomic mass is 79.9. The van der Waals surface area contributed by atoms with Gasteiger partial charge < -0.3 is 0 Å². The van der Waals surface area contributed by atoms with Gasteiger partial charge in [0.15, 0.2) is 8.68 Å². The minimum atomic E-state index is -3.64. The van der Waals surface area contributed by atoms with E-state index < -0.39 is 10.0 Å². The number of aryl methyl sites for hydroxylation is 1. The molecule has 18 heavy (non-hydrogen) atoms. The van der Waals surface area contributed by atoms with Crippen molar-refractivity contribution < 1.29 is 8.42 Å². The SMILES string of the molecule is Cc1cccc(NS(=O)(=O)c2cnc(Cl)s2)c1Br. The van der Waals surface area contributed by atoms with Crippen LogP contribution in [0.15, 0.2) is 33.1 Å². The van der Waals surface area contributed by atoms with Gasteiger partial charge in [-0.15, -0.1) is 0 Å². The fourth-order valence-electron chi connectivity index (χ4n) is 1.28. The van der Waals surface area contributed by atoms with Crippen molar-refractivity contribution in [1.82, 2.24) is 4.98 Å². The van der Waals surface area contributed by atoms with Crippen LogP contribution in [0.3, 0.4) is 0 Å². The molecule has 0 aliphatic carbocycles. The summed E-state index contributed by atoms with van der Waals surface area (Å²) < 4.78 is 27.6. The molecule has 4 nitrogen and oxygen atoms in total. The quantitative estimate of drug-likeness (QED) is 0.900. The van der Waals surface area contributed by atoms with Gasteiger partial charge in [-0.05, 0) is 34.5 Å². The van der Waals surface area contributed by atoms with Crippen LogP contribution in [0.4, 0.5) is 5.69 Å². The minimum absolute atomic E-state index is 0.0842. The molecule has 8 heteroatoms. The lowest BCUT2D eigenvalue weighted by Crippen LogP contribution is -2.12. The summed E-state index contributed by atoms with van der Waals surface area (Å²) in [5.41, 5.74) is 1.43. The van der Waals surface area contributed by atoms with Crippen molar-refractivity contribution in [3.63, 3.8) is 0 Å². The summed E-state index contributed by atoms with van der Waals surface area (Å²) in [7, 11) is -3.64. The zero-order valence-electron chi connectivity index (χ0n) is 9.15. The summed E-state index contributed by atoms with van der Waals surface area (Å²) in [4.78, 5) is 3.72. The van der Waals surface area contributed by atoms with Gasteiger partial charge in [-0.2, -0.15) is 0 Å². The topological polar surface area (TPSA) is 59.1 Å². The average Bonchev–Trinajstić information content (AvgIpc) is 2.72. The number of aromatic nitrogens is 1. The van der Waals surface area contributed by atoms with Crippen LogP contribution in [-0.4, -0.2) is 13.4 Å². The number of halogens is 2. The van der Waals surface area contributed by atoms with Crippen LogP contribution in [0.1, 0.15) is 5.56 Å². The second-order valence-electron chi connectivity index (χ2n) is 3.47. The van der Waals surface area contributed by atoms with Gasteiger partial charge in [0.05, 0.1) is 11.9 Å². The molecule has 0 radical (unpaired) electrons. The average molecular weight is 368 g/mol. The first-order valence-corrected chi connectivity index (χ1v) is 8.26. The Labute approximate surface area is 122 Å². The van der Waals surface area contributed by atoms with Crippen LogP contribution in [0.2, 0.25) is 4.47 Å². The smallest absolute Gasteiger partial charge is 0.273 e. The molecule has 1 aromatic carbocycles. The molecule has 0 spiro atoms. The Balaban J connectivity index is 2.37. The maximum atomic E-state index is 12.1. The van der Waals surface area contributed by atoms with Crippen molar-refractivity contribution in [3.8, 4) is 0 Å². The molecule has 0 amide bonds. The van der Waals surface area contributed by atoms with E-state index in [1.807, 2.05) is 13.0 Å². The Hall–Kier alpha value is -0.630. The van der Waals surface area contributed by atoms with E-state index in [9.17, 15) is 8.42 Å². The maximum Gasteiger partial charge on any atom is 0.273 e. The van der Waals surface area contributed by atoms with Crippen LogP contribution >= 0.6 is 38.9 Å². The van der Waals surface area contributed by atoms with E-state index in [0.717, 1.165) is 16.9 Å². The van der Waals surface area contributed by atoms with Crippen molar-refractivity contribution in [2.24, 2.45) is 0 Å². The number of nitrogens with one attached hydrogen (secondary N) is 1. The fourth-order valence-corrected chi connectivity index (χ4v) is 4.14. The molecular weight excluding hydrogens is 360 g/mol. The van der Waals surface area contributed by atoms with Gasteiger partial charge in [0.2, 0.25) is 0 Å². The van der Waals surface area contributed by atoms with Crippen LogP contribution in [0.5, 0.6) is 0 Å². The van der Waals surface area contributed by atoms with E-state index in [-0.39, 0.29) is 8.68 Å². The zero-order chi connectivity index (χ0) is 13.3. The highest BCUT2D eigenvalue weighted by Crippen LogP contribution is 2.29. The predicted octanol–water partition coefficient (Wildman–Crippen LogP) is 3.67. The van der Waals surface area contributed by atoms with Crippen molar-refractivity contribution in [3.05, 3.63) is 38.9 Å². The zero-order valence-corrected chi connectivity index (χ0v) is 13.1. The third-order valence-corrected chi connectivity index (χ3v) is 6.15. The number of nitrogens with zero attached hydrogens (tertiary/aromatic N) is 1. The van der Waals surface area contributed by atoms with Crippen LogP contribution < -0.4 is 4.72 Å². The van der Waals surface area contributed by atoms with Crippen molar-refractivity contribution in [2.75, 3.05) is 4.72 Å². The summed E-state index contributed by atoms with van der Waals surface area (Å²) in [6.07, 6.45) is 1.24. The van der Waals surface area contributed by atoms with Gasteiger partial charge in [0.25, 0.3) is 10.0 Å². The third kappa shape index (κ3) is 2.85. The Morgan fingerprint density at radius 1 is 1.44 bits per heavy atom. The fraction of sp³-hybridized carbons (Fsp3) is 0.100. The second-order valence-corrected chi connectivity index (χ2v) is 7.79. The van der Waals surface area contributed by atoms with Gasteiger partial charge in [-0.3, -0.25) is 4.72 Å². The van der Waals surface area contributed by atoms with E-state index in [0.29, 0.717) is 10.2 Å². The Kier molecular flexibility index (Phi) is 3.96. The molecule has 0 atom stereocenters. The largest absolute Gasteiger partial charge is 0.278 e. The standard InChI is InChI=1S/C10H8BrClN2O2S2/c1-6-3-2-4-7(9(6)11)14-18(15,16)8-5-13-10(12)17-8/h2-5,14H,1H3. The molecule has 0 fully saturated rings. The van der Waals surface area contributed by atoms with Crippen LogP contribution in [0, 0.1) is 6.92 Å². The number of anilines is 1. The van der Waals surface area contributed by atoms with E-state index in [4.69, 9.17) is 11.6 Å². The summed E-state index contributed by atoms with van der Waals surface area (Å²) >= 11 is 9.89. The molecule has 0 aliphatic rings. The number of hydrogen-bond acceptors (Lipinski definition) is 4. The molecule has 0 saturated carbocycles. The summed E-state index contributed by atoms with van der Waals surface area (Å²) in [6, 6.07) is 5.33. The number of hydrogen-bond donors (Lipinski definition) is 1. The van der Waals surface area contributed by atoms with Crippen molar-refractivity contribution in [2.45, 2.75) is 11.1 Å². The highest BCUT2D eigenvalue weighted by molar-refractivity contribution is 9.10. The van der Waals surface area contributed by atoms with Gasteiger partial charge in [0.1, 0.15) is 0 Å². The summed E-state index contributed by atoms with van der Waals surface area (Å²) in [5.74, 6) is 0. The third-order valence-electron chi connectivity index (χ3n) is 2.16. The summed E-state index contributed by atoms with van der Waals surface area (Å²) in [6.45, 7) is 1.88. The maximum absolute atomic E-state index is 12.1. The predicted molar refractivity (Wildman–Crippen MR) is 76.8 cm³/mol. The van der Waals surface area contributed by atoms with E-state index >= 15 is 0 Å². The lowest BCUT2D eigenvalue weighted by atomic mass is 10.2. The molecule has 0 unspecified atom stereocenters. The van der Waals surface area contributed by atoms with Crippen molar-refractivity contribution >= 4 is 54.6 Å². The van der Waals surface area contributed by atoms with Crippen LogP contribution in [0.25, 0.3) is 0 Å².